The molecule has 2 aromatic rings. The van der Waals surface area contributed by atoms with E-state index in [4.69, 9.17) is 4.74 Å². The van der Waals surface area contributed by atoms with Gasteiger partial charge in [-0.2, -0.15) is 0 Å². The topological polar surface area (TPSA) is 68.6 Å². The molecule has 1 aliphatic rings. The number of methoxy groups -OCH3 is 1. The van der Waals surface area contributed by atoms with Crippen molar-refractivity contribution >= 4 is 15.7 Å². The zero-order valence-corrected chi connectivity index (χ0v) is 16.3. The quantitative estimate of drug-likeness (QED) is 0.821. The maximum atomic E-state index is 13.0. The molecule has 1 aromatic carbocycles. The highest BCUT2D eigenvalue weighted by atomic mass is 32.2. The maximum Gasteiger partial charge on any atom is 0.255 e. The van der Waals surface area contributed by atoms with Crippen LogP contribution in [0.2, 0.25) is 0 Å². The molecule has 2 heterocycles. The number of nitrogens with zero attached hydrogens (tertiary/aromatic N) is 2. The number of hydrogen-bond donors (Lipinski definition) is 0. The predicted octanol–water partition coefficient (Wildman–Crippen LogP) is 2.36. The van der Waals surface area contributed by atoms with Crippen LogP contribution < -0.4 is 4.74 Å². The van der Waals surface area contributed by atoms with E-state index in [1.165, 1.54) is 0 Å². The first-order valence-electron chi connectivity index (χ1n) is 8.54. The van der Waals surface area contributed by atoms with Crippen molar-refractivity contribution in [3.8, 4) is 11.4 Å². The Morgan fingerprint density at radius 2 is 1.88 bits per heavy atom. The molecule has 0 aliphatic carbocycles. The number of rotatable bonds is 4. The minimum Gasteiger partial charge on any atom is -0.497 e. The number of benzene rings is 1. The summed E-state index contributed by atoms with van der Waals surface area (Å²) in [6, 6.07) is 9.26. The zero-order chi connectivity index (χ0) is 19.1. The minimum atomic E-state index is -3.03. The largest absolute Gasteiger partial charge is 0.497 e. The first kappa shape index (κ1) is 18.5. The molecule has 3 rings (SSSR count). The fourth-order valence-electron chi connectivity index (χ4n) is 3.54. The molecule has 7 heteroatoms. The Morgan fingerprint density at radius 1 is 1.23 bits per heavy atom. The van der Waals surface area contributed by atoms with Gasteiger partial charge in [-0.1, -0.05) is 0 Å². The smallest absolute Gasteiger partial charge is 0.255 e. The summed E-state index contributed by atoms with van der Waals surface area (Å²) in [5.41, 5.74) is 3.34. The van der Waals surface area contributed by atoms with E-state index in [-0.39, 0.29) is 23.5 Å². The Hall–Kier alpha value is -2.28. The number of carbonyl (C=O) groups excluding carboxylic acids is 1. The lowest BCUT2D eigenvalue weighted by Crippen LogP contribution is -2.38. The minimum absolute atomic E-state index is 0.0481. The lowest BCUT2D eigenvalue weighted by atomic mass is 10.1. The molecule has 1 aromatic heterocycles. The number of aryl methyl sites for hydroxylation is 1. The fraction of sp³-hybridized carbons (Fsp3) is 0.421. The highest BCUT2D eigenvalue weighted by Crippen LogP contribution is 2.25. The van der Waals surface area contributed by atoms with Crippen LogP contribution in [0.4, 0.5) is 0 Å². The molecule has 0 bridgehead atoms. The van der Waals surface area contributed by atoms with Crippen LogP contribution in [0, 0.1) is 13.8 Å². The molecule has 0 saturated carbocycles. The third-order valence-electron chi connectivity index (χ3n) is 5.07. The average Bonchev–Trinajstić information content (AvgIpc) is 3.12. The molecule has 0 N–H and O–H groups in total. The van der Waals surface area contributed by atoms with Gasteiger partial charge in [-0.15, -0.1) is 0 Å². The molecule has 1 saturated heterocycles. The van der Waals surface area contributed by atoms with Crippen LogP contribution in [0.5, 0.6) is 5.75 Å². The summed E-state index contributed by atoms with van der Waals surface area (Å²) < 4.78 is 30.6. The van der Waals surface area contributed by atoms with Crippen LogP contribution in [0.3, 0.4) is 0 Å². The molecule has 1 fully saturated rings. The summed E-state index contributed by atoms with van der Waals surface area (Å²) in [5.74, 6) is 0.835. The molecule has 0 radical (unpaired) electrons. The standard InChI is InChI=1S/C19H24N2O4S/c1-13-11-18(19(22)20(3)16-9-10-26(23,24)12-16)14(2)21(13)15-5-7-17(25-4)8-6-15/h5-8,11,16H,9-10,12H2,1-4H3. The van der Waals surface area contributed by atoms with E-state index in [1.807, 2.05) is 48.7 Å². The van der Waals surface area contributed by atoms with Crippen LogP contribution in [-0.2, 0) is 9.84 Å². The van der Waals surface area contributed by atoms with Crippen LogP contribution >= 0.6 is 0 Å². The Labute approximate surface area is 154 Å². The number of ether oxygens (including phenoxy) is 1. The second kappa shape index (κ2) is 6.79. The van der Waals surface area contributed by atoms with E-state index in [1.54, 1.807) is 19.1 Å². The van der Waals surface area contributed by atoms with Crippen molar-refractivity contribution in [2.45, 2.75) is 26.3 Å². The van der Waals surface area contributed by atoms with Crippen LogP contribution in [0.15, 0.2) is 30.3 Å². The highest BCUT2D eigenvalue weighted by molar-refractivity contribution is 7.91. The van der Waals surface area contributed by atoms with Crippen molar-refractivity contribution in [1.29, 1.82) is 0 Å². The van der Waals surface area contributed by atoms with Crippen molar-refractivity contribution < 1.29 is 17.9 Å². The van der Waals surface area contributed by atoms with Gasteiger partial charge in [-0.05, 0) is 50.6 Å². The monoisotopic (exact) mass is 376 g/mol. The van der Waals surface area contributed by atoms with Crippen molar-refractivity contribution in [2.24, 2.45) is 0 Å². The average molecular weight is 376 g/mol. The lowest BCUT2D eigenvalue weighted by molar-refractivity contribution is 0.0747. The van der Waals surface area contributed by atoms with Gasteiger partial charge in [-0.25, -0.2) is 8.42 Å². The molecular formula is C19H24N2O4S. The van der Waals surface area contributed by atoms with Gasteiger partial charge in [-0.3, -0.25) is 4.79 Å². The van der Waals surface area contributed by atoms with Crippen LogP contribution in [0.25, 0.3) is 5.69 Å². The van der Waals surface area contributed by atoms with E-state index >= 15 is 0 Å². The molecule has 6 nitrogen and oxygen atoms in total. The Morgan fingerprint density at radius 3 is 2.42 bits per heavy atom. The van der Waals surface area contributed by atoms with E-state index in [0.29, 0.717) is 12.0 Å². The van der Waals surface area contributed by atoms with Crippen molar-refractivity contribution in [2.75, 3.05) is 25.7 Å². The molecular weight excluding hydrogens is 352 g/mol. The first-order chi connectivity index (χ1) is 12.2. The Bertz CT molecular complexity index is 929. The second-order valence-corrected chi connectivity index (χ2v) is 9.02. The van der Waals surface area contributed by atoms with E-state index in [9.17, 15) is 13.2 Å². The van der Waals surface area contributed by atoms with Gasteiger partial charge < -0.3 is 14.2 Å². The van der Waals surface area contributed by atoms with E-state index in [0.717, 1.165) is 22.8 Å². The molecule has 1 amide bonds. The number of sulfone groups is 1. The van der Waals surface area contributed by atoms with Crippen molar-refractivity contribution in [3.63, 3.8) is 0 Å². The Balaban J connectivity index is 1.90. The van der Waals surface area contributed by atoms with E-state index in [2.05, 4.69) is 0 Å². The Kier molecular flexibility index (Phi) is 4.84. The summed E-state index contributed by atoms with van der Waals surface area (Å²) >= 11 is 0. The summed E-state index contributed by atoms with van der Waals surface area (Å²) in [5, 5.41) is 0. The summed E-state index contributed by atoms with van der Waals surface area (Å²) in [6.07, 6.45) is 0.502. The highest BCUT2D eigenvalue weighted by Gasteiger charge is 2.34. The van der Waals surface area contributed by atoms with Crippen molar-refractivity contribution in [1.82, 2.24) is 9.47 Å². The zero-order valence-electron chi connectivity index (χ0n) is 15.5. The number of hydrogen-bond acceptors (Lipinski definition) is 4. The molecule has 140 valence electrons. The molecule has 1 atom stereocenters. The van der Waals surface area contributed by atoms with Gasteiger partial charge in [0, 0.05) is 30.2 Å². The third-order valence-corrected chi connectivity index (χ3v) is 6.82. The summed E-state index contributed by atoms with van der Waals surface area (Å²) in [7, 11) is 0.280. The van der Waals surface area contributed by atoms with E-state index < -0.39 is 9.84 Å². The molecule has 0 spiro atoms. The number of aromatic nitrogens is 1. The maximum absolute atomic E-state index is 13.0. The van der Waals surface area contributed by atoms with Gasteiger partial charge in [0.05, 0.1) is 24.2 Å². The van der Waals surface area contributed by atoms with Gasteiger partial charge in [0.15, 0.2) is 9.84 Å². The summed E-state index contributed by atoms with van der Waals surface area (Å²) in [6.45, 7) is 3.86. The fourth-order valence-corrected chi connectivity index (χ4v) is 5.32. The normalized spacial score (nSPS) is 18.7. The SMILES string of the molecule is COc1ccc(-n2c(C)cc(C(=O)N(C)C3CCS(=O)(=O)C3)c2C)cc1. The number of carbonyl (C=O) groups is 1. The molecule has 1 aliphatic heterocycles. The van der Waals surface area contributed by atoms with Gasteiger partial charge in [0.2, 0.25) is 0 Å². The van der Waals surface area contributed by atoms with Gasteiger partial charge in [0.25, 0.3) is 5.91 Å². The lowest BCUT2D eigenvalue weighted by Gasteiger charge is -2.23. The summed E-state index contributed by atoms with van der Waals surface area (Å²) in [4.78, 5) is 14.5. The third kappa shape index (κ3) is 3.35. The number of amides is 1. The second-order valence-electron chi connectivity index (χ2n) is 6.79. The molecule has 1 unspecified atom stereocenters. The van der Waals surface area contributed by atoms with Gasteiger partial charge >= 0.3 is 0 Å². The van der Waals surface area contributed by atoms with Crippen molar-refractivity contribution in [3.05, 3.63) is 47.3 Å². The van der Waals surface area contributed by atoms with Crippen LogP contribution in [-0.4, -0.2) is 55.5 Å². The predicted molar refractivity (Wildman–Crippen MR) is 101 cm³/mol. The van der Waals surface area contributed by atoms with Gasteiger partial charge in [0.1, 0.15) is 5.75 Å². The first-order valence-corrected chi connectivity index (χ1v) is 10.4. The van der Waals surface area contributed by atoms with Crippen LogP contribution in [0.1, 0.15) is 28.2 Å². The molecule has 26 heavy (non-hydrogen) atoms.